The minimum Gasteiger partial charge on any atom is -0.374 e. The number of carbonyl (C=O) groups excluding carboxylic acids is 1. The zero-order chi connectivity index (χ0) is 9.68. The summed E-state index contributed by atoms with van der Waals surface area (Å²) in [5.74, 6) is 0.261. The van der Waals surface area contributed by atoms with E-state index in [1.165, 1.54) is 0 Å². The van der Waals surface area contributed by atoms with Gasteiger partial charge in [-0.1, -0.05) is 22.9 Å². The average molecular weight is 250 g/mol. The normalized spacial score (nSPS) is 23.2. The first-order valence-electron chi connectivity index (χ1n) is 4.73. The van der Waals surface area contributed by atoms with Gasteiger partial charge >= 0.3 is 0 Å². The molecule has 0 N–H and O–H groups in total. The van der Waals surface area contributed by atoms with Gasteiger partial charge in [0.1, 0.15) is 0 Å². The van der Waals surface area contributed by atoms with Crippen LogP contribution in [0, 0.1) is 0 Å². The van der Waals surface area contributed by atoms with Crippen LogP contribution in [0.3, 0.4) is 0 Å². The highest BCUT2D eigenvalue weighted by molar-refractivity contribution is 9.09. The van der Waals surface area contributed by atoms with Crippen molar-refractivity contribution in [2.24, 2.45) is 0 Å². The molecule has 76 valence electrons. The number of morpholine rings is 1. The number of amides is 1. The Morgan fingerprint density at radius 1 is 1.69 bits per heavy atom. The fraction of sp³-hybridized carbons (Fsp3) is 0.889. The molecule has 1 heterocycles. The van der Waals surface area contributed by atoms with Gasteiger partial charge in [0.25, 0.3) is 0 Å². The molecule has 1 amide bonds. The van der Waals surface area contributed by atoms with Crippen LogP contribution in [0.4, 0.5) is 0 Å². The van der Waals surface area contributed by atoms with Crippen molar-refractivity contribution in [1.29, 1.82) is 0 Å². The Hall–Kier alpha value is -0.0900. The molecule has 13 heavy (non-hydrogen) atoms. The SMILES string of the molecule is CCCC(=O)N1CCOC(CBr)C1. The smallest absolute Gasteiger partial charge is 0.222 e. The summed E-state index contributed by atoms with van der Waals surface area (Å²) in [5, 5.41) is 0.808. The van der Waals surface area contributed by atoms with Crippen LogP contribution < -0.4 is 0 Å². The minimum atomic E-state index is 0.176. The molecule has 1 unspecified atom stereocenters. The molecule has 0 radical (unpaired) electrons. The Morgan fingerprint density at radius 2 is 2.46 bits per heavy atom. The molecule has 3 nitrogen and oxygen atoms in total. The number of halogens is 1. The van der Waals surface area contributed by atoms with Crippen LogP contribution in [-0.4, -0.2) is 41.9 Å². The monoisotopic (exact) mass is 249 g/mol. The van der Waals surface area contributed by atoms with Crippen molar-refractivity contribution < 1.29 is 9.53 Å². The van der Waals surface area contributed by atoms with E-state index in [2.05, 4.69) is 15.9 Å². The summed E-state index contributed by atoms with van der Waals surface area (Å²) < 4.78 is 5.44. The Labute approximate surface area is 87.6 Å². The van der Waals surface area contributed by atoms with Crippen LogP contribution in [0.2, 0.25) is 0 Å². The summed E-state index contributed by atoms with van der Waals surface area (Å²) in [7, 11) is 0. The van der Waals surface area contributed by atoms with Gasteiger partial charge in [-0.15, -0.1) is 0 Å². The zero-order valence-electron chi connectivity index (χ0n) is 7.96. The number of nitrogens with zero attached hydrogens (tertiary/aromatic N) is 1. The van der Waals surface area contributed by atoms with Crippen molar-refractivity contribution in [3.05, 3.63) is 0 Å². The van der Waals surface area contributed by atoms with E-state index in [0.717, 1.165) is 24.8 Å². The van der Waals surface area contributed by atoms with Gasteiger partial charge in [0, 0.05) is 24.8 Å². The quantitative estimate of drug-likeness (QED) is 0.709. The number of alkyl halides is 1. The predicted octanol–water partition coefficient (Wildman–Crippen LogP) is 1.41. The molecular weight excluding hydrogens is 234 g/mol. The van der Waals surface area contributed by atoms with Crippen LogP contribution in [0.5, 0.6) is 0 Å². The van der Waals surface area contributed by atoms with Crippen molar-refractivity contribution in [3.8, 4) is 0 Å². The summed E-state index contributed by atoms with van der Waals surface area (Å²) in [6, 6.07) is 0. The Bertz CT molecular complexity index is 175. The lowest BCUT2D eigenvalue weighted by Gasteiger charge is -2.32. The molecular formula is C9H16BrNO2. The van der Waals surface area contributed by atoms with Gasteiger partial charge in [-0.05, 0) is 6.42 Å². The summed E-state index contributed by atoms with van der Waals surface area (Å²) in [6.45, 7) is 4.19. The van der Waals surface area contributed by atoms with E-state index in [1.807, 2.05) is 11.8 Å². The third-order valence-electron chi connectivity index (χ3n) is 2.13. The third kappa shape index (κ3) is 3.27. The van der Waals surface area contributed by atoms with E-state index in [1.54, 1.807) is 0 Å². The van der Waals surface area contributed by atoms with E-state index < -0.39 is 0 Å². The number of ether oxygens (including phenoxy) is 1. The fourth-order valence-electron chi connectivity index (χ4n) is 1.41. The highest BCUT2D eigenvalue weighted by atomic mass is 79.9. The van der Waals surface area contributed by atoms with Gasteiger partial charge in [0.05, 0.1) is 12.7 Å². The molecule has 0 saturated carbocycles. The summed E-state index contributed by atoms with van der Waals surface area (Å²) >= 11 is 3.36. The van der Waals surface area contributed by atoms with Crippen molar-refractivity contribution in [2.45, 2.75) is 25.9 Å². The van der Waals surface area contributed by atoms with Crippen molar-refractivity contribution in [1.82, 2.24) is 4.90 Å². The molecule has 1 rings (SSSR count). The van der Waals surface area contributed by atoms with Crippen LogP contribution in [-0.2, 0) is 9.53 Å². The second kappa shape index (κ2) is 5.60. The van der Waals surface area contributed by atoms with Gasteiger partial charge < -0.3 is 9.64 Å². The van der Waals surface area contributed by atoms with E-state index in [-0.39, 0.29) is 12.0 Å². The molecule has 0 aromatic rings. The topological polar surface area (TPSA) is 29.5 Å². The second-order valence-corrected chi connectivity index (χ2v) is 3.88. The van der Waals surface area contributed by atoms with E-state index in [0.29, 0.717) is 13.0 Å². The van der Waals surface area contributed by atoms with E-state index in [9.17, 15) is 4.79 Å². The molecule has 1 saturated heterocycles. The maximum Gasteiger partial charge on any atom is 0.222 e. The fourth-order valence-corrected chi connectivity index (χ4v) is 1.80. The molecule has 1 aliphatic heterocycles. The summed E-state index contributed by atoms with van der Waals surface area (Å²) in [5.41, 5.74) is 0. The molecule has 1 aliphatic rings. The van der Waals surface area contributed by atoms with Crippen molar-refractivity contribution >= 4 is 21.8 Å². The number of hydrogen-bond acceptors (Lipinski definition) is 2. The standard InChI is InChI=1S/C9H16BrNO2/c1-2-3-9(12)11-4-5-13-8(6-10)7-11/h8H,2-7H2,1H3. The highest BCUT2D eigenvalue weighted by Gasteiger charge is 2.22. The lowest BCUT2D eigenvalue weighted by atomic mass is 10.2. The van der Waals surface area contributed by atoms with Crippen LogP contribution in [0.1, 0.15) is 19.8 Å². The molecule has 0 aromatic carbocycles. The predicted molar refractivity (Wildman–Crippen MR) is 55.0 cm³/mol. The highest BCUT2D eigenvalue weighted by Crippen LogP contribution is 2.09. The van der Waals surface area contributed by atoms with Gasteiger partial charge in [0.2, 0.25) is 5.91 Å². The first-order valence-corrected chi connectivity index (χ1v) is 5.85. The average Bonchev–Trinajstić information content (AvgIpc) is 2.18. The Morgan fingerprint density at radius 3 is 3.08 bits per heavy atom. The van der Waals surface area contributed by atoms with Crippen LogP contribution >= 0.6 is 15.9 Å². The Kier molecular flexibility index (Phi) is 4.73. The largest absolute Gasteiger partial charge is 0.374 e. The van der Waals surface area contributed by atoms with E-state index >= 15 is 0 Å². The summed E-state index contributed by atoms with van der Waals surface area (Å²) in [4.78, 5) is 13.4. The van der Waals surface area contributed by atoms with Gasteiger partial charge in [-0.3, -0.25) is 4.79 Å². The first kappa shape index (κ1) is 11.0. The number of rotatable bonds is 3. The lowest BCUT2D eigenvalue weighted by Crippen LogP contribution is -2.46. The molecule has 0 aliphatic carbocycles. The maximum atomic E-state index is 11.5. The van der Waals surface area contributed by atoms with E-state index in [4.69, 9.17) is 4.74 Å². The van der Waals surface area contributed by atoms with Crippen LogP contribution in [0.25, 0.3) is 0 Å². The third-order valence-corrected chi connectivity index (χ3v) is 2.85. The second-order valence-electron chi connectivity index (χ2n) is 3.24. The van der Waals surface area contributed by atoms with Gasteiger partial charge in [0.15, 0.2) is 0 Å². The minimum absolute atomic E-state index is 0.176. The van der Waals surface area contributed by atoms with Gasteiger partial charge in [-0.25, -0.2) is 0 Å². The van der Waals surface area contributed by atoms with Crippen molar-refractivity contribution in [3.63, 3.8) is 0 Å². The molecule has 0 spiro atoms. The molecule has 0 bridgehead atoms. The lowest BCUT2D eigenvalue weighted by molar-refractivity contribution is -0.137. The van der Waals surface area contributed by atoms with Crippen LogP contribution in [0.15, 0.2) is 0 Å². The Balaban J connectivity index is 2.37. The zero-order valence-corrected chi connectivity index (χ0v) is 9.55. The number of carbonyl (C=O) groups is 1. The van der Waals surface area contributed by atoms with Crippen molar-refractivity contribution in [2.75, 3.05) is 25.0 Å². The molecule has 0 aromatic heterocycles. The molecule has 1 atom stereocenters. The summed E-state index contributed by atoms with van der Waals surface area (Å²) in [6.07, 6.45) is 1.76. The number of hydrogen-bond donors (Lipinski definition) is 0. The van der Waals surface area contributed by atoms with Gasteiger partial charge in [-0.2, -0.15) is 0 Å². The first-order chi connectivity index (χ1) is 6.27. The molecule has 4 heteroatoms. The maximum absolute atomic E-state index is 11.5. The molecule has 1 fully saturated rings.